The Morgan fingerprint density at radius 3 is 2.47 bits per heavy atom. The van der Waals surface area contributed by atoms with Crippen LogP contribution in [0.15, 0.2) is 6.20 Å². The fourth-order valence-electron chi connectivity index (χ4n) is 2.34. The quantitative estimate of drug-likeness (QED) is 0.882. The summed E-state index contributed by atoms with van der Waals surface area (Å²) >= 11 is 0.547. The van der Waals surface area contributed by atoms with Crippen molar-refractivity contribution in [1.82, 2.24) is 4.98 Å². The minimum atomic E-state index is -4.42. The number of halogens is 3. The summed E-state index contributed by atoms with van der Waals surface area (Å²) < 4.78 is 37.2. The molecule has 2 nitrogen and oxygen atoms in total. The Hall–Kier alpha value is -0.620. The molecule has 1 N–H and O–H groups in total. The molecule has 1 saturated carbocycles. The van der Waals surface area contributed by atoms with Gasteiger partial charge in [-0.15, -0.1) is 11.3 Å². The summed E-state index contributed by atoms with van der Waals surface area (Å²) in [5.74, 6) is 0. The Bertz CT molecular complexity index is 396. The molecule has 0 bridgehead atoms. The van der Waals surface area contributed by atoms with Crippen molar-refractivity contribution in [3.63, 3.8) is 0 Å². The average molecular weight is 265 g/mol. The third kappa shape index (κ3) is 2.47. The lowest BCUT2D eigenvalue weighted by Gasteiger charge is -2.28. The number of hydrogen-bond donors (Lipinski definition) is 1. The summed E-state index contributed by atoms with van der Waals surface area (Å²) in [5.41, 5.74) is -0.296. The van der Waals surface area contributed by atoms with Crippen molar-refractivity contribution in [3.8, 4) is 0 Å². The van der Waals surface area contributed by atoms with Crippen LogP contribution in [0, 0.1) is 5.41 Å². The van der Waals surface area contributed by atoms with Gasteiger partial charge < -0.3 is 5.11 Å². The van der Waals surface area contributed by atoms with E-state index in [-0.39, 0.29) is 5.41 Å². The molecule has 1 fully saturated rings. The van der Waals surface area contributed by atoms with E-state index in [1.807, 2.05) is 6.92 Å². The molecule has 96 valence electrons. The van der Waals surface area contributed by atoms with Gasteiger partial charge in [-0.25, -0.2) is 4.98 Å². The van der Waals surface area contributed by atoms with Crippen molar-refractivity contribution in [2.45, 2.75) is 44.9 Å². The van der Waals surface area contributed by atoms with Crippen molar-refractivity contribution in [2.75, 3.05) is 0 Å². The van der Waals surface area contributed by atoms with Gasteiger partial charge in [0.15, 0.2) is 5.01 Å². The lowest BCUT2D eigenvalue weighted by atomic mass is 9.82. The highest BCUT2D eigenvalue weighted by atomic mass is 32.1. The van der Waals surface area contributed by atoms with E-state index in [2.05, 4.69) is 4.98 Å². The van der Waals surface area contributed by atoms with Crippen LogP contribution >= 0.6 is 11.3 Å². The summed E-state index contributed by atoms with van der Waals surface area (Å²) in [7, 11) is 0. The lowest BCUT2D eigenvalue weighted by Crippen LogP contribution is -2.21. The largest absolute Gasteiger partial charge is 0.443 e. The predicted octanol–water partition coefficient (Wildman–Crippen LogP) is 3.78. The number of aliphatic hydroxyl groups excluding tert-OH is 1. The zero-order chi connectivity index (χ0) is 12.7. The molecule has 0 saturated heterocycles. The maximum Gasteiger partial charge on any atom is 0.443 e. The molecule has 1 aliphatic carbocycles. The predicted molar refractivity (Wildman–Crippen MR) is 58.7 cm³/mol. The van der Waals surface area contributed by atoms with Crippen LogP contribution in [0.25, 0.3) is 0 Å². The van der Waals surface area contributed by atoms with Gasteiger partial charge in [-0.1, -0.05) is 19.8 Å². The molecular weight excluding hydrogens is 251 g/mol. The van der Waals surface area contributed by atoms with E-state index in [1.165, 1.54) is 0 Å². The Morgan fingerprint density at radius 1 is 1.41 bits per heavy atom. The average Bonchev–Trinajstić information content (AvgIpc) is 2.84. The Morgan fingerprint density at radius 2 is 2.00 bits per heavy atom. The number of alkyl halides is 3. The summed E-state index contributed by atoms with van der Waals surface area (Å²) in [6.07, 6.45) is -0.336. The fourth-order valence-corrected chi connectivity index (χ4v) is 3.29. The van der Waals surface area contributed by atoms with Gasteiger partial charge in [-0.3, -0.25) is 0 Å². The molecule has 0 amide bonds. The van der Waals surface area contributed by atoms with Gasteiger partial charge in [0.05, 0.1) is 11.0 Å². The summed E-state index contributed by atoms with van der Waals surface area (Å²) in [5, 5.41) is 9.28. The Labute approximate surface area is 101 Å². The van der Waals surface area contributed by atoms with Gasteiger partial charge in [0.2, 0.25) is 0 Å². The van der Waals surface area contributed by atoms with Crippen LogP contribution in [0.1, 0.15) is 48.6 Å². The van der Waals surface area contributed by atoms with Crippen LogP contribution in [-0.2, 0) is 6.18 Å². The number of rotatable bonds is 2. The van der Waals surface area contributed by atoms with Crippen LogP contribution in [0.3, 0.4) is 0 Å². The molecule has 1 unspecified atom stereocenters. The highest BCUT2D eigenvalue weighted by molar-refractivity contribution is 7.11. The molecule has 0 spiro atoms. The first-order chi connectivity index (χ1) is 7.83. The van der Waals surface area contributed by atoms with Crippen molar-refractivity contribution < 1.29 is 18.3 Å². The maximum absolute atomic E-state index is 12.4. The van der Waals surface area contributed by atoms with Crippen LogP contribution in [0.2, 0.25) is 0 Å². The number of hydrogen-bond acceptors (Lipinski definition) is 3. The molecule has 1 atom stereocenters. The normalized spacial score (nSPS) is 21.7. The molecule has 17 heavy (non-hydrogen) atoms. The van der Waals surface area contributed by atoms with E-state index < -0.39 is 17.3 Å². The fraction of sp³-hybridized carbons (Fsp3) is 0.727. The van der Waals surface area contributed by atoms with Crippen LogP contribution in [0.4, 0.5) is 13.2 Å². The second kappa shape index (κ2) is 4.24. The first-order valence-corrected chi connectivity index (χ1v) is 6.35. The zero-order valence-corrected chi connectivity index (χ0v) is 10.2. The third-order valence-corrected chi connectivity index (χ3v) is 4.54. The molecular formula is C11H14F3NOS. The molecule has 1 heterocycles. The first kappa shape index (κ1) is 12.8. The van der Waals surface area contributed by atoms with E-state index >= 15 is 0 Å². The van der Waals surface area contributed by atoms with E-state index in [9.17, 15) is 18.3 Å². The Kier molecular flexibility index (Phi) is 3.20. The summed E-state index contributed by atoms with van der Waals surface area (Å²) in [4.78, 5) is 3.67. The van der Waals surface area contributed by atoms with Crippen molar-refractivity contribution in [2.24, 2.45) is 5.41 Å². The van der Waals surface area contributed by atoms with E-state index in [1.54, 1.807) is 0 Å². The smallest absolute Gasteiger partial charge is 0.387 e. The van der Waals surface area contributed by atoms with E-state index in [4.69, 9.17) is 0 Å². The van der Waals surface area contributed by atoms with Gasteiger partial charge >= 0.3 is 6.18 Å². The minimum absolute atomic E-state index is 0.296. The van der Waals surface area contributed by atoms with E-state index in [0.717, 1.165) is 31.9 Å². The Balaban J connectivity index is 2.20. The molecule has 1 aromatic heterocycles. The van der Waals surface area contributed by atoms with Gasteiger partial charge in [0.25, 0.3) is 0 Å². The summed E-state index contributed by atoms with van der Waals surface area (Å²) in [6.45, 7) is 1.93. The highest BCUT2D eigenvalue weighted by Crippen LogP contribution is 2.48. The molecule has 0 aliphatic heterocycles. The lowest BCUT2D eigenvalue weighted by molar-refractivity contribution is -0.137. The van der Waals surface area contributed by atoms with Crippen molar-refractivity contribution >= 4 is 11.3 Å². The molecule has 2 rings (SSSR count). The molecule has 1 aliphatic rings. The topological polar surface area (TPSA) is 33.1 Å². The van der Waals surface area contributed by atoms with Gasteiger partial charge in [0.1, 0.15) is 0 Å². The van der Waals surface area contributed by atoms with Crippen LogP contribution in [-0.4, -0.2) is 10.1 Å². The maximum atomic E-state index is 12.4. The second-order valence-electron chi connectivity index (χ2n) is 4.83. The van der Waals surface area contributed by atoms with Gasteiger partial charge in [-0.2, -0.15) is 13.2 Å². The first-order valence-electron chi connectivity index (χ1n) is 5.54. The molecule has 0 aromatic carbocycles. The molecule has 6 heteroatoms. The zero-order valence-electron chi connectivity index (χ0n) is 9.42. The number of aromatic nitrogens is 1. The van der Waals surface area contributed by atoms with Crippen LogP contribution in [0.5, 0.6) is 0 Å². The second-order valence-corrected chi connectivity index (χ2v) is 5.89. The molecule has 1 aromatic rings. The van der Waals surface area contributed by atoms with Crippen LogP contribution < -0.4 is 0 Å². The molecule has 0 radical (unpaired) electrons. The SMILES string of the molecule is CC1(C(O)c2cnc(C(F)(F)F)s2)CCCC1. The third-order valence-electron chi connectivity index (χ3n) is 3.44. The monoisotopic (exact) mass is 265 g/mol. The summed E-state index contributed by atoms with van der Waals surface area (Å²) in [6, 6.07) is 0. The van der Waals surface area contributed by atoms with Gasteiger partial charge in [0, 0.05) is 6.20 Å². The number of thiazole rings is 1. The van der Waals surface area contributed by atoms with Gasteiger partial charge in [-0.05, 0) is 18.3 Å². The van der Waals surface area contributed by atoms with Crippen molar-refractivity contribution in [1.29, 1.82) is 0 Å². The van der Waals surface area contributed by atoms with Crippen molar-refractivity contribution in [3.05, 3.63) is 16.1 Å². The van der Waals surface area contributed by atoms with E-state index in [0.29, 0.717) is 16.2 Å². The standard InChI is InChI=1S/C11H14F3NOS/c1-10(4-2-3-5-10)8(16)7-6-15-9(17-7)11(12,13)14/h6,8,16H,2-5H2,1H3. The number of nitrogens with zero attached hydrogens (tertiary/aromatic N) is 1. The highest BCUT2D eigenvalue weighted by Gasteiger charge is 2.40. The number of aliphatic hydroxyl groups is 1. The minimum Gasteiger partial charge on any atom is -0.387 e.